The molecule has 2 heterocycles. The van der Waals surface area contributed by atoms with Gasteiger partial charge in [0.05, 0.1) is 0 Å². The van der Waals surface area contributed by atoms with Gasteiger partial charge in [0, 0.05) is 16.2 Å². The fourth-order valence-electron chi connectivity index (χ4n) is 1.37. The topological polar surface area (TPSA) is 81.6 Å². The molecule has 0 amide bonds. The average molecular weight is 311 g/mol. The van der Waals surface area contributed by atoms with Gasteiger partial charge < -0.3 is 11.1 Å². The predicted molar refractivity (Wildman–Crippen MR) is 74.6 cm³/mol. The number of halogens is 1. The van der Waals surface area contributed by atoms with E-state index in [2.05, 4.69) is 36.3 Å². The molecule has 0 fully saturated rings. The third-order valence-electron chi connectivity index (χ3n) is 2.05. The van der Waals surface area contributed by atoms with Crippen LogP contribution in [0.25, 0.3) is 5.82 Å². The molecule has 2 rings (SSSR count). The van der Waals surface area contributed by atoms with Crippen LogP contribution in [0.2, 0.25) is 0 Å². The fourth-order valence-corrected chi connectivity index (χ4v) is 1.61. The van der Waals surface area contributed by atoms with E-state index in [0.29, 0.717) is 17.7 Å². The van der Waals surface area contributed by atoms with Gasteiger partial charge in [0.15, 0.2) is 5.82 Å². The van der Waals surface area contributed by atoms with Gasteiger partial charge in [-0.1, -0.05) is 0 Å². The zero-order chi connectivity index (χ0) is 13.3. The first-order chi connectivity index (χ1) is 8.35. The van der Waals surface area contributed by atoms with Gasteiger partial charge in [0.25, 0.3) is 0 Å². The van der Waals surface area contributed by atoms with Crippen LogP contribution in [-0.4, -0.2) is 25.3 Å². The Kier molecular flexibility index (Phi) is 3.25. The van der Waals surface area contributed by atoms with Crippen molar-refractivity contribution in [3.05, 3.63) is 22.8 Å². The van der Waals surface area contributed by atoms with Crippen molar-refractivity contribution in [2.24, 2.45) is 0 Å². The minimum atomic E-state index is -0.119. The molecule has 0 atom stereocenters. The maximum Gasteiger partial charge on any atom is 0.244 e. The Hall–Kier alpha value is -1.63. The normalized spacial score (nSPS) is 11.6. The molecular weight excluding hydrogens is 296 g/mol. The maximum absolute atomic E-state index is 5.83. The number of nitrogens with one attached hydrogen (secondary N) is 1. The van der Waals surface area contributed by atoms with Crippen molar-refractivity contribution in [3.8, 4) is 5.82 Å². The summed E-state index contributed by atoms with van der Waals surface area (Å²) in [7, 11) is 0. The van der Waals surface area contributed by atoms with Crippen LogP contribution in [0, 0.1) is 0 Å². The summed E-state index contributed by atoms with van der Waals surface area (Å²) in [5.41, 5.74) is 5.71. The molecular formula is C11H15BrN6. The monoisotopic (exact) mass is 310 g/mol. The lowest BCUT2D eigenvalue weighted by Crippen LogP contribution is -2.26. The summed E-state index contributed by atoms with van der Waals surface area (Å²) in [6, 6.07) is 3.69. The van der Waals surface area contributed by atoms with Gasteiger partial charge >= 0.3 is 0 Å². The Morgan fingerprint density at radius 2 is 2.06 bits per heavy atom. The Balaban J connectivity index is 2.32. The van der Waals surface area contributed by atoms with Crippen LogP contribution in [0.3, 0.4) is 0 Å². The largest absolute Gasteiger partial charge is 0.368 e. The summed E-state index contributed by atoms with van der Waals surface area (Å²) in [5, 5.41) is 7.45. The van der Waals surface area contributed by atoms with Crippen molar-refractivity contribution in [1.82, 2.24) is 19.7 Å². The van der Waals surface area contributed by atoms with Crippen molar-refractivity contribution in [1.29, 1.82) is 0 Å². The van der Waals surface area contributed by atoms with Gasteiger partial charge in [-0.3, -0.25) is 0 Å². The first-order valence-corrected chi connectivity index (χ1v) is 6.27. The van der Waals surface area contributed by atoms with Crippen molar-refractivity contribution in [2.75, 3.05) is 11.1 Å². The standard InChI is InChI=1S/C11H15BrN6/c1-11(2,3)16-10-15-9(13)18(17-10)8-5-4-7(12)6-14-8/h4-6H,1-3H3,(H3,13,15,16,17). The highest BCUT2D eigenvalue weighted by molar-refractivity contribution is 9.10. The van der Waals surface area contributed by atoms with E-state index < -0.39 is 0 Å². The Morgan fingerprint density at radius 3 is 2.61 bits per heavy atom. The zero-order valence-corrected chi connectivity index (χ0v) is 12.1. The second-order valence-corrected chi connectivity index (χ2v) is 5.83. The third-order valence-corrected chi connectivity index (χ3v) is 2.52. The number of nitrogens with two attached hydrogens (primary N) is 1. The molecule has 7 heteroatoms. The average Bonchev–Trinajstić information content (AvgIpc) is 2.58. The molecule has 18 heavy (non-hydrogen) atoms. The fraction of sp³-hybridized carbons (Fsp3) is 0.364. The van der Waals surface area contributed by atoms with E-state index >= 15 is 0 Å². The second kappa shape index (κ2) is 4.56. The van der Waals surface area contributed by atoms with Gasteiger partial charge in [0.2, 0.25) is 11.9 Å². The third kappa shape index (κ3) is 2.98. The summed E-state index contributed by atoms with van der Waals surface area (Å²) in [5.74, 6) is 1.42. The van der Waals surface area contributed by atoms with Crippen LogP contribution >= 0.6 is 15.9 Å². The Bertz CT molecular complexity index is 540. The van der Waals surface area contributed by atoms with E-state index in [1.807, 2.05) is 32.9 Å². The van der Waals surface area contributed by atoms with E-state index in [0.717, 1.165) is 4.47 Å². The lowest BCUT2D eigenvalue weighted by atomic mass is 10.1. The van der Waals surface area contributed by atoms with E-state index in [9.17, 15) is 0 Å². The summed E-state index contributed by atoms with van der Waals surface area (Å²) in [6.45, 7) is 6.09. The quantitative estimate of drug-likeness (QED) is 0.888. The highest BCUT2D eigenvalue weighted by atomic mass is 79.9. The van der Waals surface area contributed by atoms with Crippen LogP contribution < -0.4 is 11.1 Å². The molecule has 2 aromatic rings. The SMILES string of the molecule is CC(C)(C)Nc1nc(N)n(-c2ccc(Br)cn2)n1. The van der Waals surface area contributed by atoms with E-state index in [-0.39, 0.29) is 5.54 Å². The number of pyridine rings is 1. The van der Waals surface area contributed by atoms with Crippen LogP contribution in [0.1, 0.15) is 20.8 Å². The highest BCUT2D eigenvalue weighted by Gasteiger charge is 2.15. The molecule has 0 saturated carbocycles. The van der Waals surface area contributed by atoms with Crippen molar-refractivity contribution < 1.29 is 0 Å². The maximum atomic E-state index is 5.83. The molecule has 0 bridgehead atoms. The highest BCUT2D eigenvalue weighted by Crippen LogP contribution is 2.16. The van der Waals surface area contributed by atoms with E-state index in [1.165, 1.54) is 4.68 Å². The van der Waals surface area contributed by atoms with Gasteiger partial charge in [-0.05, 0) is 48.8 Å². The van der Waals surface area contributed by atoms with Gasteiger partial charge in [-0.2, -0.15) is 9.67 Å². The molecule has 0 unspecified atom stereocenters. The molecule has 0 aliphatic heterocycles. The molecule has 0 radical (unpaired) electrons. The summed E-state index contributed by atoms with van der Waals surface area (Å²) in [6.07, 6.45) is 1.69. The number of hydrogen-bond donors (Lipinski definition) is 2. The first-order valence-electron chi connectivity index (χ1n) is 5.48. The molecule has 96 valence electrons. The molecule has 0 aliphatic rings. The molecule has 0 saturated heterocycles. The van der Waals surface area contributed by atoms with Gasteiger partial charge in [-0.25, -0.2) is 4.98 Å². The number of hydrogen-bond acceptors (Lipinski definition) is 5. The van der Waals surface area contributed by atoms with Crippen molar-refractivity contribution in [3.63, 3.8) is 0 Å². The van der Waals surface area contributed by atoms with Crippen molar-refractivity contribution >= 4 is 27.8 Å². The smallest absolute Gasteiger partial charge is 0.244 e. The number of nitrogens with zero attached hydrogens (tertiary/aromatic N) is 4. The lowest BCUT2D eigenvalue weighted by molar-refractivity contribution is 0.625. The van der Waals surface area contributed by atoms with E-state index in [1.54, 1.807) is 6.20 Å². The number of nitrogen functional groups attached to an aromatic ring is 1. The summed E-state index contributed by atoms with van der Waals surface area (Å²) < 4.78 is 2.40. The Morgan fingerprint density at radius 1 is 1.33 bits per heavy atom. The van der Waals surface area contributed by atoms with Crippen LogP contribution in [0.15, 0.2) is 22.8 Å². The van der Waals surface area contributed by atoms with Gasteiger partial charge in [0.1, 0.15) is 0 Å². The van der Waals surface area contributed by atoms with Crippen molar-refractivity contribution in [2.45, 2.75) is 26.3 Å². The minimum Gasteiger partial charge on any atom is -0.368 e. The summed E-state index contributed by atoms with van der Waals surface area (Å²) >= 11 is 3.33. The zero-order valence-electron chi connectivity index (χ0n) is 10.5. The molecule has 0 aliphatic carbocycles. The summed E-state index contributed by atoms with van der Waals surface area (Å²) in [4.78, 5) is 8.39. The molecule has 2 aromatic heterocycles. The second-order valence-electron chi connectivity index (χ2n) is 4.92. The first kappa shape index (κ1) is 12.8. The predicted octanol–water partition coefficient (Wildman–Crippen LogP) is 2.22. The number of anilines is 2. The lowest BCUT2D eigenvalue weighted by Gasteiger charge is -2.18. The molecule has 0 spiro atoms. The van der Waals surface area contributed by atoms with Crippen LogP contribution in [-0.2, 0) is 0 Å². The van der Waals surface area contributed by atoms with Crippen LogP contribution in [0.4, 0.5) is 11.9 Å². The van der Waals surface area contributed by atoms with Crippen LogP contribution in [0.5, 0.6) is 0 Å². The minimum absolute atomic E-state index is 0.119. The molecule has 0 aromatic carbocycles. The van der Waals surface area contributed by atoms with E-state index in [4.69, 9.17) is 5.73 Å². The Labute approximate surface area is 114 Å². The number of aromatic nitrogens is 4. The molecule has 6 nitrogen and oxygen atoms in total. The number of rotatable bonds is 2. The molecule has 3 N–H and O–H groups in total. The van der Waals surface area contributed by atoms with Gasteiger partial charge in [-0.15, -0.1) is 5.10 Å².